The van der Waals surface area contributed by atoms with Crippen LogP contribution in [0.2, 0.25) is 18.1 Å². The summed E-state index contributed by atoms with van der Waals surface area (Å²) in [5, 5.41) is 0.639. The third kappa shape index (κ3) is 4.34. The van der Waals surface area contributed by atoms with Crippen molar-refractivity contribution in [3.8, 4) is 0 Å². The van der Waals surface area contributed by atoms with E-state index in [4.69, 9.17) is 0 Å². The molecule has 0 heterocycles. The van der Waals surface area contributed by atoms with E-state index < -0.39 is 0 Å². The molecule has 0 aromatic heterocycles. The van der Waals surface area contributed by atoms with Crippen LogP contribution in [0.25, 0.3) is 0 Å². The third-order valence-corrected chi connectivity index (χ3v) is 5.20. The first-order valence-electron chi connectivity index (χ1n) is 2.94. The zero-order valence-corrected chi connectivity index (χ0v) is 7.73. The molecule has 0 aliphatic heterocycles. The molecule has 0 aromatic rings. The highest BCUT2D eigenvalue weighted by molar-refractivity contribution is 6.59. The van der Waals surface area contributed by atoms with Crippen molar-refractivity contribution in [3.63, 3.8) is 0 Å². The summed E-state index contributed by atoms with van der Waals surface area (Å²) in [5.41, 5.74) is 0. The molecule has 52 valence electrons. The van der Waals surface area contributed by atoms with Gasteiger partial charge in [0, 0.05) is 8.80 Å². The smallest absolute Gasteiger partial charge is 0.0361 e. The first-order chi connectivity index (χ1) is 2.94. The van der Waals surface area contributed by atoms with Crippen LogP contribution in [0.5, 0.6) is 0 Å². The number of hydrogen-bond acceptors (Lipinski definition) is 0. The van der Waals surface area contributed by atoms with Gasteiger partial charge in [0.15, 0.2) is 0 Å². The van der Waals surface area contributed by atoms with Crippen LogP contribution in [-0.4, -0.2) is 14.3 Å². The highest BCUT2D eigenvalue weighted by atomic mass is 28.3. The maximum Gasteiger partial charge on any atom is 0.0361 e. The summed E-state index contributed by atoms with van der Waals surface area (Å²) in [6.07, 6.45) is 0. The quantitative estimate of drug-likeness (QED) is 0.449. The second-order valence-corrected chi connectivity index (χ2v) is 7.56. The number of hydrogen-bond donors (Lipinski definition) is 0. The molecule has 0 radical (unpaired) electrons. The zero-order valence-electron chi connectivity index (χ0n) is 6.58. The Kier molecular flexibility index (Phi) is 4.49. The maximum absolute atomic E-state index is 2.39. The van der Waals surface area contributed by atoms with Gasteiger partial charge in [-0.3, -0.25) is 0 Å². The highest BCUT2D eigenvalue weighted by Gasteiger charge is 2.15. The van der Waals surface area contributed by atoms with E-state index in [-0.39, 0.29) is 14.3 Å². The van der Waals surface area contributed by atoms with Gasteiger partial charge < -0.3 is 5.48 Å². The van der Waals surface area contributed by atoms with E-state index in [2.05, 4.69) is 33.9 Å². The topological polar surface area (TPSA) is 31.5 Å². The molecule has 0 aliphatic carbocycles. The van der Waals surface area contributed by atoms with E-state index in [1.54, 1.807) is 0 Å². The van der Waals surface area contributed by atoms with E-state index in [9.17, 15) is 0 Å². The summed E-state index contributed by atoms with van der Waals surface area (Å²) < 4.78 is 0. The predicted octanol–water partition coefficient (Wildman–Crippen LogP) is 1.45. The second kappa shape index (κ2) is 3.25. The molecule has 8 heavy (non-hydrogen) atoms. The minimum atomic E-state index is -0.359. The molecule has 0 rings (SSSR count). The lowest BCUT2D eigenvalue weighted by atomic mass is 10.2. The summed E-state index contributed by atoms with van der Waals surface area (Å²) in [6, 6.07) is 0. The van der Waals surface area contributed by atoms with Crippen LogP contribution in [0, 0.1) is 0 Å². The van der Waals surface area contributed by atoms with E-state index in [1.165, 1.54) is 0 Å². The van der Waals surface area contributed by atoms with E-state index in [0.717, 1.165) is 0 Å². The minimum Gasteiger partial charge on any atom is -0.412 e. The van der Waals surface area contributed by atoms with Crippen molar-refractivity contribution in [1.29, 1.82) is 0 Å². The lowest BCUT2D eigenvalue weighted by molar-refractivity contribution is 0.742. The molecule has 0 saturated carbocycles. The Labute approximate surface area is 54.0 Å². The average Bonchev–Trinajstić information content (AvgIpc) is 1.31. The molecule has 0 bridgehead atoms. The predicted molar refractivity (Wildman–Crippen MR) is 42.2 cm³/mol. The maximum atomic E-state index is 2.39. The molecule has 0 fully saturated rings. The Morgan fingerprint density at radius 1 is 1.00 bits per heavy atom. The van der Waals surface area contributed by atoms with Crippen molar-refractivity contribution in [2.45, 2.75) is 38.9 Å². The molecule has 0 unspecified atom stereocenters. The normalized spacial score (nSPS) is 11.2. The SMILES string of the molecule is C[SiH](C)C(C)(C)C.O. The monoisotopic (exact) mass is 134 g/mol. The van der Waals surface area contributed by atoms with Crippen molar-refractivity contribution in [2.75, 3.05) is 0 Å². The Bertz CT molecular complexity index is 54.0. The fourth-order valence-electron chi connectivity index (χ4n) is 0. The van der Waals surface area contributed by atoms with Gasteiger partial charge in [-0.05, 0) is 5.04 Å². The van der Waals surface area contributed by atoms with Gasteiger partial charge in [0.05, 0.1) is 0 Å². The van der Waals surface area contributed by atoms with Gasteiger partial charge >= 0.3 is 0 Å². The van der Waals surface area contributed by atoms with Gasteiger partial charge in [-0.15, -0.1) is 0 Å². The van der Waals surface area contributed by atoms with E-state index >= 15 is 0 Å². The van der Waals surface area contributed by atoms with Crippen molar-refractivity contribution in [2.24, 2.45) is 0 Å². The summed E-state index contributed by atoms with van der Waals surface area (Å²) in [6.45, 7) is 11.7. The third-order valence-electron chi connectivity index (χ3n) is 1.73. The molecule has 0 saturated heterocycles. The summed E-state index contributed by atoms with van der Waals surface area (Å²) in [5.74, 6) is 0. The average molecular weight is 134 g/mol. The largest absolute Gasteiger partial charge is 0.412 e. The molecule has 0 amide bonds. The first kappa shape index (κ1) is 11.0. The van der Waals surface area contributed by atoms with Crippen molar-refractivity contribution < 1.29 is 5.48 Å². The van der Waals surface area contributed by atoms with Crippen LogP contribution in [0.4, 0.5) is 0 Å². The molecule has 2 heteroatoms. The lowest BCUT2D eigenvalue weighted by Crippen LogP contribution is -2.16. The Balaban J connectivity index is 0. The van der Waals surface area contributed by atoms with Crippen LogP contribution in [0.15, 0.2) is 0 Å². The van der Waals surface area contributed by atoms with Gasteiger partial charge in [-0.25, -0.2) is 0 Å². The molecule has 0 atom stereocenters. The molecule has 2 N–H and O–H groups in total. The highest BCUT2D eigenvalue weighted by Crippen LogP contribution is 2.25. The minimum absolute atomic E-state index is 0. The number of rotatable bonds is 0. The summed E-state index contributed by atoms with van der Waals surface area (Å²) in [7, 11) is -0.359. The van der Waals surface area contributed by atoms with E-state index in [0.29, 0.717) is 5.04 Å². The van der Waals surface area contributed by atoms with Crippen molar-refractivity contribution >= 4 is 8.80 Å². The standard InChI is InChI=1S/C6H16Si.H2O/c1-6(2,3)7(4)5;/h7H,1-5H3;1H2. The van der Waals surface area contributed by atoms with Crippen LogP contribution >= 0.6 is 0 Å². The first-order valence-corrected chi connectivity index (χ1v) is 5.83. The van der Waals surface area contributed by atoms with Crippen LogP contribution in [0.3, 0.4) is 0 Å². The summed E-state index contributed by atoms with van der Waals surface area (Å²) in [4.78, 5) is 0. The van der Waals surface area contributed by atoms with Gasteiger partial charge in [0.25, 0.3) is 0 Å². The Morgan fingerprint density at radius 2 is 1.12 bits per heavy atom. The van der Waals surface area contributed by atoms with Crippen LogP contribution in [-0.2, 0) is 0 Å². The Hall–Kier alpha value is 0.177. The summed E-state index contributed by atoms with van der Waals surface area (Å²) >= 11 is 0. The molecular weight excluding hydrogens is 116 g/mol. The fraction of sp³-hybridized carbons (Fsp3) is 1.00. The molecule has 0 spiro atoms. The van der Waals surface area contributed by atoms with Gasteiger partial charge in [0.2, 0.25) is 0 Å². The fourth-order valence-corrected chi connectivity index (χ4v) is 0. The Morgan fingerprint density at radius 3 is 1.12 bits per heavy atom. The molecule has 0 aliphatic rings. The zero-order chi connectivity index (χ0) is 6.08. The van der Waals surface area contributed by atoms with Crippen LogP contribution < -0.4 is 0 Å². The van der Waals surface area contributed by atoms with Crippen molar-refractivity contribution in [1.82, 2.24) is 0 Å². The van der Waals surface area contributed by atoms with Crippen LogP contribution in [0.1, 0.15) is 20.8 Å². The molecule has 0 aromatic carbocycles. The lowest BCUT2D eigenvalue weighted by Gasteiger charge is -2.21. The van der Waals surface area contributed by atoms with Gasteiger partial charge in [0.1, 0.15) is 0 Å². The van der Waals surface area contributed by atoms with Gasteiger partial charge in [-0.1, -0.05) is 33.9 Å². The second-order valence-electron chi connectivity index (χ2n) is 3.52. The van der Waals surface area contributed by atoms with Gasteiger partial charge in [-0.2, -0.15) is 0 Å². The van der Waals surface area contributed by atoms with E-state index in [1.807, 2.05) is 0 Å². The molecular formula is C6H18OSi. The van der Waals surface area contributed by atoms with Crippen molar-refractivity contribution in [3.05, 3.63) is 0 Å². The molecule has 1 nitrogen and oxygen atoms in total.